The first kappa shape index (κ1) is 23.4. The Hall–Kier alpha value is -2.71. The number of phenols is 1. The van der Waals surface area contributed by atoms with Crippen LogP contribution in [0.4, 0.5) is 13.2 Å². The van der Waals surface area contributed by atoms with Gasteiger partial charge in [-0.15, -0.1) is 0 Å². The lowest BCUT2D eigenvalue weighted by Crippen LogP contribution is -3.15. The van der Waals surface area contributed by atoms with E-state index in [2.05, 4.69) is 6.92 Å². The third kappa shape index (κ3) is 4.68. The van der Waals surface area contributed by atoms with Crippen molar-refractivity contribution >= 4 is 22.6 Å². The van der Waals surface area contributed by atoms with Crippen LogP contribution in [-0.4, -0.2) is 17.7 Å². The van der Waals surface area contributed by atoms with Gasteiger partial charge in [-0.2, -0.15) is 13.2 Å². The Labute approximate surface area is 193 Å². The summed E-state index contributed by atoms with van der Waals surface area (Å²) in [5, 5.41) is 10.5. The molecular formula is C24H24ClF3NO4+. The van der Waals surface area contributed by atoms with E-state index in [4.69, 9.17) is 20.8 Å². The molecule has 0 aliphatic carbocycles. The van der Waals surface area contributed by atoms with Crippen LogP contribution in [0, 0.1) is 0 Å². The normalized spacial score (nSPS) is 19.1. The Morgan fingerprint density at radius 3 is 2.67 bits per heavy atom. The van der Waals surface area contributed by atoms with E-state index in [-0.39, 0.29) is 39.6 Å². The van der Waals surface area contributed by atoms with Crippen LogP contribution in [0.15, 0.2) is 45.6 Å². The molecular weight excluding hydrogens is 459 g/mol. The minimum Gasteiger partial charge on any atom is -0.507 e. The van der Waals surface area contributed by atoms with Gasteiger partial charge in [0, 0.05) is 0 Å². The molecule has 1 aliphatic rings. The van der Waals surface area contributed by atoms with Crippen molar-refractivity contribution in [2.45, 2.75) is 51.4 Å². The van der Waals surface area contributed by atoms with Crippen LogP contribution in [0.2, 0.25) is 5.02 Å². The van der Waals surface area contributed by atoms with Gasteiger partial charge in [0.1, 0.15) is 18.0 Å². The third-order valence-corrected chi connectivity index (χ3v) is 6.49. The molecule has 1 unspecified atom stereocenters. The smallest absolute Gasteiger partial charge is 0.453 e. The second-order valence-corrected chi connectivity index (χ2v) is 8.65. The third-order valence-electron chi connectivity index (χ3n) is 6.18. The Kier molecular flexibility index (Phi) is 6.59. The highest BCUT2D eigenvalue weighted by molar-refractivity contribution is 6.32. The topological polar surface area (TPSA) is 64.1 Å². The largest absolute Gasteiger partial charge is 0.507 e. The summed E-state index contributed by atoms with van der Waals surface area (Å²) >= 11 is 6.02. The van der Waals surface area contributed by atoms with Gasteiger partial charge in [-0.25, -0.2) is 0 Å². The van der Waals surface area contributed by atoms with Crippen LogP contribution in [0.25, 0.3) is 11.0 Å². The number of phenolic OH excluding ortho intramolecular Hbond substituents is 1. The second kappa shape index (κ2) is 9.27. The number of alkyl halides is 3. The van der Waals surface area contributed by atoms with Crippen LogP contribution in [0.3, 0.4) is 0 Å². The van der Waals surface area contributed by atoms with Crippen LogP contribution in [-0.2, 0) is 12.7 Å². The van der Waals surface area contributed by atoms with Gasteiger partial charge in [0.15, 0.2) is 5.58 Å². The molecule has 2 N–H and O–H groups in total. The molecule has 0 saturated carbocycles. The van der Waals surface area contributed by atoms with Gasteiger partial charge in [-0.1, -0.05) is 30.7 Å². The molecule has 0 radical (unpaired) electrons. The van der Waals surface area contributed by atoms with E-state index >= 15 is 0 Å². The standard InChI is InChI=1S/C24H23ClF3NO4/c1-2-14-7-5-6-12-29(14)13-16-18(30)11-10-15-20(31)22(23(24(26,27)28)33-21(15)16)32-19-9-4-3-8-17(19)25/h3-4,8-11,14,30H,2,5-7,12-13H2,1H3/p+1/t14-/m0/s1. The fraction of sp³-hybridized carbons (Fsp3) is 0.375. The predicted molar refractivity (Wildman–Crippen MR) is 118 cm³/mol. The number of rotatable bonds is 5. The Bertz CT molecular complexity index is 1220. The number of aromatic hydroxyl groups is 1. The van der Waals surface area contributed by atoms with E-state index in [0.29, 0.717) is 6.04 Å². The van der Waals surface area contributed by atoms with Crippen LogP contribution in [0.1, 0.15) is 43.9 Å². The molecule has 2 aromatic carbocycles. The maximum atomic E-state index is 14.0. The first-order valence-electron chi connectivity index (χ1n) is 10.9. The number of hydrogen-bond acceptors (Lipinski definition) is 4. The minimum atomic E-state index is -5.00. The maximum Gasteiger partial charge on any atom is 0.453 e. The van der Waals surface area contributed by atoms with E-state index in [1.807, 2.05) is 0 Å². The molecule has 3 aromatic rings. The molecule has 2 atom stereocenters. The van der Waals surface area contributed by atoms with Crippen molar-refractivity contribution in [2.24, 2.45) is 0 Å². The average Bonchev–Trinajstić information content (AvgIpc) is 2.78. The van der Waals surface area contributed by atoms with Crippen molar-refractivity contribution in [3.8, 4) is 17.2 Å². The number of halogens is 4. The van der Waals surface area contributed by atoms with Gasteiger partial charge in [-0.05, 0) is 49.9 Å². The van der Waals surface area contributed by atoms with Crippen molar-refractivity contribution < 1.29 is 32.3 Å². The van der Waals surface area contributed by atoms with E-state index in [0.717, 1.165) is 37.1 Å². The van der Waals surface area contributed by atoms with Crippen molar-refractivity contribution in [1.82, 2.24) is 0 Å². The molecule has 0 bridgehead atoms. The molecule has 5 nitrogen and oxygen atoms in total. The molecule has 4 rings (SSSR count). The first-order valence-corrected chi connectivity index (χ1v) is 11.2. The van der Waals surface area contributed by atoms with Crippen molar-refractivity contribution in [3.05, 3.63) is 63.0 Å². The molecule has 33 heavy (non-hydrogen) atoms. The predicted octanol–water partition coefficient (Wildman–Crippen LogP) is 5.31. The Morgan fingerprint density at radius 2 is 1.97 bits per heavy atom. The number of para-hydroxylation sites is 1. The number of quaternary nitrogens is 1. The van der Waals surface area contributed by atoms with Crippen LogP contribution in [0.5, 0.6) is 17.2 Å². The summed E-state index contributed by atoms with van der Waals surface area (Å²) in [6.45, 7) is 3.16. The highest BCUT2D eigenvalue weighted by Gasteiger charge is 2.41. The molecule has 1 aromatic heterocycles. The number of ether oxygens (including phenoxy) is 1. The summed E-state index contributed by atoms with van der Waals surface area (Å²) in [5.74, 6) is -2.85. The van der Waals surface area contributed by atoms with Gasteiger partial charge >= 0.3 is 6.18 Å². The number of hydrogen-bond donors (Lipinski definition) is 2. The molecule has 0 amide bonds. The Balaban J connectivity index is 1.88. The lowest BCUT2D eigenvalue weighted by Gasteiger charge is -2.32. The summed E-state index contributed by atoms with van der Waals surface area (Å²) in [4.78, 5) is 14.3. The van der Waals surface area contributed by atoms with E-state index in [9.17, 15) is 23.1 Å². The zero-order chi connectivity index (χ0) is 23.8. The molecule has 9 heteroatoms. The zero-order valence-corrected chi connectivity index (χ0v) is 18.7. The summed E-state index contributed by atoms with van der Waals surface area (Å²) in [6, 6.07) is 8.80. The van der Waals surface area contributed by atoms with E-state index in [1.165, 1.54) is 30.3 Å². The van der Waals surface area contributed by atoms with Gasteiger partial charge in [0.25, 0.3) is 5.76 Å². The average molecular weight is 483 g/mol. The summed E-state index contributed by atoms with van der Waals surface area (Å²) in [7, 11) is 0. The van der Waals surface area contributed by atoms with Gasteiger partial charge < -0.3 is 19.2 Å². The van der Waals surface area contributed by atoms with Crippen molar-refractivity contribution in [2.75, 3.05) is 6.54 Å². The number of nitrogens with one attached hydrogen (secondary N) is 1. The lowest BCUT2D eigenvalue weighted by atomic mass is 9.98. The molecule has 1 fully saturated rings. The second-order valence-electron chi connectivity index (χ2n) is 8.25. The fourth-order valence-corrected chi connectivity index (χ4v) is 4.65. The molecule has 0 spiro atoms. The van der Waals surface area contributed by atoms with E-state index in [1.54, 1.807) is 6.07 Å². The lowest BCUT2D eigenvalue weighted by molar-refractivity contribution is -0.944. The fourth-order valence-electron chi connectivity index (χ4n) is 4.48. The summed E-state index contributed by atoms with van der Waals surface area (Å²) in [5.41, 5.74) is -1.06. The zero-order valence-electron chi connectivity index (χ0n) is 18.0. The monoisotopic (exact) mass is 482 g/mol. The SMILES string of the molecule is CC[C@H]1CCCC[NH+]1Cc1c(O)ccc2c(=O)c(Oc3ccccc3Cl)c(C(F)(F)F)oc12. The number of benzene rings is 2. The summed E-state index contributed by atoms with van der Waals surface area (Å²) < 4.78 is 52.5. The Morgan fingerprint density at radius 1 is 1.21 bits per heavy atom. The first-order chi connectivity index (χ1) is 15.7. The molecule has 1 saturated heterocycles. The number of piperidine rings is 1. The van der Waals surface area contributed by atoms with Crippen LogP contribution >= 0.6 is 11.6 Å². The van der Waals surface area contributed by atoms with Crippen molar-refractivity contribution in [1.29, 1.82) is 0 Å². The van der Waals surface area contributed by atoms with Gasteiger partial charge in [0.2, 0.25) is 11.2 Å². The quantitative estimate of drug-likeness (QED) is 0.517. The van der Waals surface area contributed by atoms with E-state index < -0.39 is 23.1 Å². The number of likely N-dealkylation sites (tertiary alicyclic amines) is 1. The van der Waals surface area contributed by atoms with Gasteiger partial charge in [0.05, 0.1) is 28.6 Å². The maximum absolute atomic E-state index is 14.0. The summed E-state index contributed by atoms with van der Waals surface area (Å²) in [6.07, 6.45) is -1.000. The van der Waals surface area contributed by atoms with Crippen LogP contribution < -0.4 is 15.1 Å². The number of fused-ring (bicyclic) bond motifs is 1. The molecule has 1 aliphatic heterocycles. The molecule has 2 heterocycles. The van der Waals surface area contributed by atoms with Crippen molar-refractivity contribution in [3.63, 3.8) is 0 Å². The minimum absolute atomic E-state index is 0.0517. The highest BCUT2D eigenvalue weighted by atomic mass is 35.5. The molecule has 176 valence electrons. The van der Waals surface area contributed by atoms with Gasteiger partial charge in [-0.3, -0.25) is 4.79 Å². The highest BCUT2D eigenvalue weighted by Crippen LogP contribution is 2.40.